The first-order valence-corrected chi connectivity index (χ1v) is 8.89. The lowest BCUT2D eigenvalue weighted by molar-refractivity contribution is -0.140. The quantitative estimate of drug-likeness (QED) is 0.439. The number of phenols is 1. The maximum Gasteiger partial charge on any atom is 0.435 e. The zero-order valence-corrected chi connectivity index (χ0v) is 15.8. The van der Waals surface area contributed by atoms with Gasteiger partial charge in [0.1, 0.15) is 11.4 Å². The Morgan fingerprint density at radius 1 is 1.03 bits per heavy atom. The van der Waals surface area contributed by atoms with Crippen molar-refractivity contribution >= 4 is 28.8 Å². The van der Waals surface area contributed by atoms with E-state index < -0.39 is 17.4 Å². The van der Waals surface area contributed by atoms with Crippen LogP contribution in [0.25, 0.3) is 28.0 Å². The van der Waals surface area contributed by atoms with Crippen molar-refractivity contribution in [2.75, 3.05) is 0 Å². The molecule has 0 aliphatic heterocycles. The van der Waals surface area contributed by atoms with Crippen molar-refractivity contribution in [2.24, 2.45) is 0 Å². The lowest BCUT2D eigenvalue weighted by Gasteiger charge is -2.08. The molecule has 10 heteroatoms. The van der Waals surface area contributed by atoms with E-state index in [2.05, 4.69) is 10.1 Å². The van der Waals surface area contributed by atoms with E-state index in [-0.39, 0.29) is 43.8 Å². The lowest BCUT2D eigenvalue weighted by Crippen LogP contribution is -2.10. The van der Waals surface area contributed by atoms with Crippen LogP contribution in [0.1, 0.15) is 5.69 Å². The van der Waals surface area contributed by atoms with E-state index in [4.69, 9.17) is 23.2 Å². The number of halogens is 5. The van der Waals surface area contributed by atoms with Crippen molar-refractivity contribution in [3.05, 3.63) is 74.6 Å². The number of nitrogens with one attached hydrogen (secondary N) is 1. The molecule has 0 saturated heterocycles. The SMILES string of the molecule is O=c1cc(-c2ccccc2O)n2nc(C(F)(F)F)c(-c3ccc(Cl)c(Cl)c3)c2[nH]1. The van der Waals surface area contributed by atoms with Crippen molar-refractivity contribution in [3.63, 3.8) is 0 Å². The fourth-order valence-electron chi connectivity index (χ4n) is 3.05. The molecule has 0 atom stereocenters. The maximum atomic E-state index is 13.8. The van der Waals surface area contributed by atoms with Gasteiger partial charge in [-0.1, -0.05) is 41.4 Å². The number of alkyl halides is 3. The van der Waals surface area contributed by atoms with Crippen LogP contribution in [0, 0.1) is 0 Å². The molecule has 0 aliphatic carbocycles. The number of nitrogens with zero attached hydrogens (tertiary/aromatic N) is 2. The Morgan fingerprint density at radius 2 is 1.76 bits per heavy atom. The number of para-hydroxylation sites is 1. The summed E-state index contributed by atoms with van der Waals surface area (Å²) in [7, 11) is 0. The summed E-state index contributed by atoms with van der Waals surface area (Å²) in [6.45, 7) is 0. The average molecular weight is 440 g/mol. The first-order chi connectivity index (χ1) is 13.7. The molecular weight excluding hydrogens is 430 g/mol. The monoisotopic (exact) mass is 439 g/mol. The molecule has 0 aliphatic rings. The number of aromatic hydroxyl groups is 1. The molecule has 4 aromatic rings. The van der Waals surface area contributed by atoms with Crippen LogP contribution in [0.3, 0.4) is 0 Å². The number of hydrogen-bond acceptors (Lipinski definition) is 3. The summed E-state index contributed by atoms with van der Waals surface area (Å²) < 4.78 is 42.3. The molecule has 4 rings (SSSR count). The van der Waals surface area contributed by atoms with Crippen LogP contribution in [0.4, 0.5) is 13.2 Å². The van der Waals surface area contributed by atoms with Crippen LogP contribution in [-0.4, -0.2) is 19.7 Å². The molecule has 0 radical (unpaired) electrons. The van der Waals surface area contributed by atoms with Gasteiger partial charge in [-0.3, -0.25) is 4.79 Å². The Kier molecular flexibility index (Phi) is 4.55. The van der Waals surface area contributed by atoms with Gasteiger partial charge in [0.05, 0.1) is 21.3 Å². The Morgan fingerprint density at radius 3 is 2.41 bits per heavy atom. The Hall–Kier alpha value is -2.97. The molecule has 0 spiro atoms. The first-order valence-electron chi connectivity index (χ1n) is 8.14. The molecular formula is C19H10Cl2F3N3O2. The van der Waals surface area contributed by atoms with Gasteiger partial charge in [-0.15, -0.1) is 0 Å². The zero-order chi connectivity index (χ0) is 20.9. The van der Waals surface area contributed by atoms with Crippen molar-refractivity contribution in [1.82, 2.24) is 14.6 Å². The number of benzene rings is 2. The van der Waals surface area contributed by atoms with Crippen LogP contribution in [0.15, 0.2) is 53.3 Å². The maximum absolute atomic E-state index is 13.8. The van der Waals surface area contributed by atoms with Crippen molar-refractivity contribution < 1.29 is 18.3 Å². The van der Waals surface area contributed by atoms with Gasteiger partial charge in [-0.05, 0) is 29.8 Å². The highest BCUT2D eigenvalue weighted by molar-refractivity contribution is 6.42. The van der Waals surface area contributed by atoms with Crippen LogP contribution in [0.5, 0.6) is 5.75 Å². The third-order valence-corrected chi connectivity index (χ3v) is 5.02. The van der Waals surface area contributed by atoms with Gasteiger partial charge < -0.3 is 10.1 Å². The standard InChI is InChI=1S/C19H10Cl2F3N3O2/c20-11-6-5-9(7-12(11)21)16-17(19(22,23)24)26-27-13(8-15(29)25-18(16)27)10-3-1-2-4-14(10)28/h1-8,28H,(H,25,29). The van der Waals surface area contributed by atoms with Gasteiger partial charge in [-0.2, -0.15) is 18.3 Å². The number of aromatic amines is 1. The number of rotatable bonds is 2. The molecule has 0 unspecified atom stereocenters. The smallest absolute Gasteiger partial charge is 0.435 e. The molecule has 2 aromatic carbocycles. The highest BCUT2D eigenvalue weighted by Gasteiger charge is 2.39. The predicted octanol–water partition coefficient (Wildman–Crippen LogP) is 5.39. The fourth-order valence-corrected chi connectivity index (χ4v) is 3.35. The van der Waals surface area contributed by atoms with Crippen LogP contribution in [0.2, 0.25) is 10.0 Å². The summed E-state index contributed by atoms with van der Waals surface area (Å²) in [5.74, 6) is -0.209. The van der Waals surface area contributed by atoms with Gasteiger partial charge in [0, 0.05) is 11.6 Å². The highest BCUT2D eigenvalue weighted by Crippen LogP contribution is 2.41. The molecule has 0 bridgehead atoms. The number of fused-ring (bicyclic) bond motifs is 1. The summed E-state index contributed by atoms with van der Waals surface area (Å²) in [4.78, 5) is 14.6. The summed E-state index contributed by atoms with van der Waals surface area (Å²) in [5.41, 5.74) is -2.20. The summed E-state index contributed by atoms with van der Waals surface area (Å²) in [6.07, 6.45) is -4.82. The Balaban J connectivity index is 2.14. The topological polar surface area (TPSA) is 70.4 Å². The van der Waals surface area contributed by atoms with Crippen LogP contribution >= 0.6 is 23.2 Å². The normalized spacial score (nSPS) is 11.9. The van der Waals surface area contributed by atoms with Gasteiger partial charge >= 0.3 is 6.18 Å². The molecule has 148 valence electrons. The minimum absolute atomic E-state index is 0.00124. The molecule has 5 nitrogen and oxygen atoms in total. The van der Waals surface area contributed by atoms with Crippen molar-refractivity contribution in [3.8, 4) is 28.1 Å². The minimum Gasteiger partial charge on any atom is -0.507 e. The highest BCUT2D eigenvalue weighted by atomic mass is 35.5. The average Bonchev–Trinajstić information content (AvgIpc) is 3.03. The zero-order valence-electron chi connectivity index (χ0n) is 14.3. The van der Waals surface area contributed by atoms with Crippen LogP contribution < -0.4 is 5.56 Å². The molecule has 2 aromatic heterocycles. The lowest BCUT2D eigenvalue weighted by atomic mass is 10.1. The molecule has 0 saturated carbocycles. The van der Waals surface area contributed by atoms with E-state index in [1.165, 1.54) is 30.3 Å². The number of hydrogen-bond donors (Lipinski definition) is 2. The fraction of sp³-hybridized carbons (Fsp3) is 0.0526. The van der Waals surface area contributed by atoms with Crippen molar-refractivity contribution in [1.29, 1.82) is 0 Å². The Labute approximate surface area is 170 Å². The number of aromatic nitrogens is 3. The van der Waals surface area contributed by atoms with E-state index in [1.54, 1.807) is 12.1 Å². The largest absolute Gasteiger partial charge is 0.507 e. The summed E-state index contributed by atoms with van der Waals surface area (Å²) >= 11 is 11.9. The number of H-pyrrole nitrogens is 1. The third kappa shape index (κ3) is 3.34. The molecule has 2 heterocycles. The predicted molar refractivity (Wildman–Crippen MR) is 103 cm³/mol. The molecule has 2 N–H and O–H groups in total. The summed E-state index contributed by atoms with van der Waals surface area (Å²) in [6, 6.07) is 11.0. The Bertz CT molecular complexity index is 1310. The van der Waals surface area contributed by atoms with Gasteiger partial charge in [0.25, 0.3) is 5.56 Å². The van der Waals surface area contributed by atoms with Crippen molar-refractivity contribution in [2.45, 2.75) is 6.18 Å². The molecule has 0 amide bonds. The van der Waals surface area contributed by atoms with E-state index in [0.29, 0.717) is 0 Å². The van der Waals surface area contributed by atoms with Crippen LogP contribution in [-0.2, 0) is 6.18 Å². The number of phenolic OH excluding ortho intramolecular Hbond substituents is 1. The second kappa shape index (κ2) is 6.82. The third-order valence-electron chi connectivity index (χ3n) is 4.28. The van der Waals surface area contributed by atoms with E-state index >= 15 is 0 Å². The molecule has 29 heavy (non-hydrogen) atoms. The minimum atomic E-state index is -4.82. The van der Waals surface area contributed by atoms with E-state index in [9.17, 15) is 23.1 Å². The first kappa shape index (κ1) is 19.4. The van der Waals surface area contributed by atoms with Gasteiger partial charge in [0.15, 0.2) is 5.69 Å². The summed E-state index contributed by atoms with van der Waals surface area (Å²) in [5, 5.41) is 14.1. The second-order valence-corrected chi connectivity index (χ2v) is 6.96. The van der Waals surface area contributed by atoms with Gasteiger partial charge in [0.2, 0.25) is 0 Å². The van der Waals surface area contributed by atoms with E-state index in [1.807, 2.05) is 0 Å². The van der Waals surface area contributed by atoms with Gasteiger partial charge in [-0.25, -0.2) is 4.52 Å². The van der Waals surface area contributed by atoms with E-state index in [0.717, 1.165) is 10.6 Å². The second-order valence-electron chi connectivity index (χ2n) is 6.15. The molecule has 0 fully saturated rings.